The van der Waals surface area contributed by atoms with E-state index >= 15 is 0 Å². The van der Waals surface area contributed by atoms with Crippen LogP contribution in [0, 0.1) is 6.92 Å². The van der Waals surface area contributed by atoms with Gasteiger partial charge in [0.2, 0.25) is 10.0 Å². The van der Waals surface area contributed by atoms with Gasteiger partial charge in [0.25, 0.3) is 0 Å². The van der Waals surface area contributed by atoms with Gasteiger partial charge >= 0.3 is 0 Å². The summed E-state index contributed by atoms with van der Waals surface area (Å²) >= 11 is 6.04. The number of piperazine rings is 1. The van der Waals surface area contributed by atoms with E-state index in [-0.39, 0.29) is 12.4 Å². The second-order valence-electron chi connectivity index (χ2n) is 5.83. The highest BCUT2D eigenvalue weighted by atomic mass is 35.5. The summed E-state index contributed by atoms with van der Waals surface area (Å²) in [6.07, 6.45) is 0. The first-order chi connectivity index (χ1) is 11.0. The quantitative estimate of drug-likeness (QED) is 0.725. The second-order valence-corrected chi connectivity index (χ2v) is 8.21. The van der Waals surface area contributed by atoms with E-state index in [0.29, 0.717) is 23.0 Å². The van der Waals surface area contributed by atoms with Gasteiger partial charge in [-0.2, -0.15) is 4.31 Å². The third-order valence-corrected chi connectivity index (χ3v) is 6.37. The number of quaternary nitrogens is 1. The Morgan fingerprint density at radius 1 is 1.04 bits per heavy atom. The Labute approximate surface area is 154 Å². The van der Waals surface area contributed by atoms with Crippen molar-refractivity contribution in [3.05, 3.63) is 59.1 Å². The number of nitrogens with one attached hydrogen (secondary N) is 1. The van der Waals surface area contributed by atoms with E-state index in [1.807, 2.05) is 43.3 Å². The average Bonchev–Trinajstić information content (AvgIpc) is 2.55. The molecule has 1 heterocycles. The van der Waals surface area contributed by atoms with Gasteiger partial charge in [-0.3, -0.25) is 0 Å². The zero-order chi connectivity index (χ0) is 16.4. The molecule has 0 bridgehead atoms. The number of nitrogens with zero attached hydrogens (tertiary/aromatic N) is 1. The van der Waals surface area contributed by atoms with Gasteiger partial charge < -0.3 is 17.3 Å². The van der Waals surface area contributed by atoms with E-state index in [1.54, 1.807) is 16.4 Å². The lowest BCUT2D eigenvalue weighted by Crippen LogP contribution is -3.10. The summed E-state index contributed by atoms with van der Waals surface area (Å²) in [7, 11) is -3.40. The number of sulfonamides is 1. The summed E-state index contributed by atoms with van der Waals surface area (Å²) in [5.41, 5.74) is 2.17. The number of hydrogen-bond donors (Lipinski definition) is 1. The Morgan fingerprint density at radius 2 is 1.67 bits per heavy atom. The standard InChI is InChI=1S/C17H19ClN2O2S.ClH/c1-14-5-7-17(8-6-14)23(21,22)20-11-9-19(10-12-20)16-4-2-3-15(18)13-16;/h2-8,13H,9-12H2,1H3;1H. The summed E-state index contributed by atoms with van der Waals surface area (Å²) in [4.78, 5) is 1.64. The van der Waals surface area contributed by atoms with Crippen LogP contribution in [0.15, 0.2) is 53.4 Å². The molecule has 1 aliphatic heterocycles. The third-order valence-electron chi connectivity index (χ3n) is 4.22. The zero-order valence-corrected chi connectivity index (χ0v) is 15.7. The molecule has 2 aromatic carbocycles. The van der Waals surface area contributed by atoms with E-state index in [9.17, 15) is 8.42 Å². The maximum atomic E-state index is 12.7. The number of hydrogen-bond acceptors (Lipinski definition) is 2. The predicted molar refractivity (Wildman–Crippen MR) is 91.7 cm³/mol. The minimum Gasteiger partial charge on any atom is -1.00 e. The zero-order valence-electron chi connectivity index (χ0n) is 13.4. The smallest absolute Gasteiger partial charge is 0.243 e. The van der Waals surface area contributed by atoms with E-state index in [1.165, 1.54) is 4.90 Å². The highest BCUT2D eigenvalue weighted by Crippen LogP contribution is 2.17. The summed E-state index contributed by atoms with van der Waals surface area (Å²) in [5.74, 6) is 0. The van der Waals surface area contributed by atoms with Crippen LogP contribution in [0.1, 0.15) is 5.56 Å². The Kier molecular flexibility index (Phi) is 6.28. The monoisotopic (exact) mass is 386 g/mol. The molecule has 0 atom stereocenters. The molecular weight excluding hydrogens is 367 g/mol. The molecule has 3 rings (SSSR count). The first kappa shape index (κ1) is 19.2. The largest absolute Gasteiger partial charge is 1.00 e. The molecule has 1 saturated heterocycles. The first-order valence-corrected chi connectivity index (χ1v) is 9.46. The van der Waals surface area contributed by atoms with Crippen molar-refractivity contribution in [3.63, 3.8) is 0 Å². The van der Waals surface area contributed by atoms with E-state index in [4.69, 9.17) is 11.6 Å². The molecule has 0 aromatic heterocycles. The van der Waals surface area contributed by atoms with Crippen molar-refractivity contribution in [2.45, 2.75) is 11.8 Å². The lowest BCUT2D eigenvalue weighted by atomic mass is 10.2. The van der Waals surface area contributed by atoms with Crippen molar-refractivity contribution >= 4 is 27.3 Å². The second kappa shape index (κ2) is 7.85. The minimum atomic E-state index is -3.40. The molecule has 2 aromatic rings. The van der Waals surface area contributed by atoms with Crippen molar-refractivity contribution < 1.29 is 25.7 Å². The van der Waals surface area contributed by atoms with Gasteiger partial charge in [-0.05, 0) is 31.2 Å². The van der Waals surface area contributed by atoms with Crippen LogP contribution in [0.4, 0.5) is 5.69 Å². The maximum Gasteiger partial charge on any atom is 0.243 e. The van der Waals surface area contributed by atoms with Gasteiger partial charge in [0.15, 0.2) is 0 Å². The Hall–Kier alpha value is -1.11. The number of halogens is 2. The molecule has 0 spiro atoms. The maximum absolute atomic E-state index is 12.7. The lowest BCUT2D eigenvalue weighted by Gasteiger charge is -2.31. The van der Waals surface area contributed by atoms with Crippen LogP contribution in [0.3, 0.4) is 0 Å². The Balaban J connectivity index is 0.00000208. The molecule has 0 aliphatic carbocycles. The van der Waals surface area contributed by atoms with Crippen LogP contribution >= 0.6 is 11.6 Å². The molecule has 0 amide bonds. The van der Waals surface area contributed by atoms with Gasteiger partial charge in [0, 0.05) is 11.1 Å². The number of rotatable bonds is 3. The van der Waals surface area contributed by atoms with Crippen LogP contribution < -0.4 is 17.3 Å². The minimum absolute atomic E-state index is 0. The molecule has 1 aliphatic rings. The fourth-order valence-corrected chi connectivity index (χ4v) is 4.48. The summed E-state index contributed by atoms with van der Waals surface area (Å²) < 4.78 is 27.0. The number of benzene rings is 2. The van der Waals surface area contributed by atoms with Gasteiger partial charge in [-0.25, -0.2) is 8.42 Å². The molecule has 1 N–H and O–H groups in total. The average molecular weight is 387 g/mol. The highest BCUT2D eigenvalue weighted by molar-refractivity contribution is 7.89. The van der Waals surface area contributed by atoms with Gasteiger partial charge in [-0.1, -0.05) is 35.4 Å². The molecule has 1 fully saturated rings. The van der Waals surface area contributed by atoms with Crippen molar-refractivity contribution in [2.75, 3.05) is 26.2 Å². The molecule has 4 nitrogen and oxygen atoms in total. The van der Waals surface area contributed by atoms with Crippen LogP contribution in [-0.2, 0) is 10.0 Å². The van der Waals surface area contributed by atoms with Gasteiger partial charge in [-0.15, -0.1) is 0 Å². The summed E-state index contributed by atoms with van der Waals surface area (Å²) in [5, 5.41) is 0.713. The fourth-order valence-electron chi connectivity index (χ4n) is 2.85. The van der Waals surface area contributed by atoms with Crippen LogP contribution in [0.2, 0.25) is 5.02 Å². The molecular formula is C17H20Cl2N2O2S. The molecule has 0 saturated carbocycles. The predicted octanol–water partition coefficient (Wildman–Crippen LogP) is -1.13. The SMILES string of the molecule is Cc1ccc(S(=O)(=O)N2CC[NH+](c3cccc(Cl)c3)CC2)cc1.[Cl-]. The van der Waals surface area contributed by atoms with Crippen molar-refractivity contribution in [1.82, 2.24) is 4.31 Å². The van der Waals surface area contributed by atoms with Gasteiger partial charge in [0.05, 0.1) is 31.1 Å². The van der Waals surface area contributed by atoms with Crippen LogP contribution in [0.5, 0.6) is 0 Å². The van der Waals surface area contributed by atoms with Crippen LogP contribution in [-0.4, -0.2) is 38.9 Å². The van der Waals surface area contributed by atoms with E-state index < -0.39 is 10.0 Å². The fraction of sp³-hybridized carbons (Fsp3) is 0.294. The summed E-state index contributed by atoms with van der Waals surface area (Å²) in [6.45, 7) is 4.45. The van der Waals surface area contributed by atoms with Crippen LogP contribution in [0.25, 0.3) is 0 Å². The molecule has 0 radical (unpaired) electrons. The van der Waals surface area contributed by atoms with E-state index in [0.717, 1.165) is 24.3 Å². The molecule has 0 unspecified atom stereocenters. The van der Waals surface area contributed by atoms with Crippen molar-refractivity contribution in [2.24, 2.45) is 0 Å². The van der Waals surface area contributed by atoms with E-state index in [2.05, 4.69) is 0 Å². The highest BCUT2D eigenvalue weighted by Gasteiger charge is 2.31. The van der Waals surface area contributed by atoms with Crippen molar-refractivity contribution in [1.29, 1.82) is 0 Å². The molecule has 130 valence electrons. The first-order valence-electron chi connectivity index (χ1n) is 7.64. The Morgan fingerprint density at radius 3 is 2.25 bits per heavy atom. The topological polar surface area (TPSA) is 41.8 Å². The summed E-state index contributed by atoms with van der Waals surface area (Å²) in [6, 6.07) is 14.8. The van der Waals surface area contributed by atoms with Gasteiger partial charge in [0.1, 0.15) is 5.69 Å². The Bertz CT molecular complexity index is 786. The van der Waals surface area contributed by atoms with Crippen molar-refractivity contribution in [3.8, 4) is 0 Å². The molecule has 24 heavy (non-hydrogen) atoms. The molecule has 7 heteroatoms. The third kappa shape index (κ3) is 4.10. The normalized spacial score (nSPS) is 16.6. The lowest BCUT2D eigenvalue weighted by molar-refractivity contribution is -0.837. The number of aryl methyl sites for hydroxylation is 1.